The van der Waals surface area contributed by atoms with Gasteiger partial charge in [-0.15, -0.1) is 0 Å². The maximum Gasteiger partial charge on any atom is 0.120 e. The van der Waals surface area contributed by atoms with Gasteiger partial charge in [-0.2, -0.15) is 0 Å². The summed E-state index contributed by atoms with van der Waals surface area (Å²) in [5, 5.41) is 0. The lowest BCUT2D eigenvalue weighted by atomic mass is 10.2. The second-order valence-corrected chi connectivity index (χ2v) is 6.07. The normalized spacial score (nSPS) is 30.7. The first-order chi connectivity index (χ1) is 9.06. The van der Waals surface area contributed by atoms with Crippen LogP contribution in [0.4, 0.5) is 0 Å². The molecule has 0 aromatic carbocycles. The number of nitrogens with zero attached hydrogens (tertiary/aromatic N) is 2. The van der Waals surface area contributed by atoms with E-state index in [0.29, 0.717) is 17.6 Å². The monoisotopic (exact) mass is 287 g/mol. The fourth-order valence-electron chi connectivity index (χ4n) is 2.65. The summed E-state index contributed by atoms with van der Waals surface area (Å²) in [5.74, 6) is 0. The topological polar surface area (TPSA) is 51.0 Å². The lowest BCUT2D eigenvalue weighted by molar-refractivity contribution is -0.0692. The minimum Gasteiger partial charge on any atom is -0.391 e. The van der Waals surface area contributed by atoms with Crippen LogP contribution in [-0.4, -0.2) is 79.0 Å². The minimum absolute atomic E-state index is 0.103. The van der Waals surface area contributed by atoms with E-state index in [9.17, 15) is 0 Å². The molecule has 2 aliphatic rings. The molecule has 0 saturated carbocycles. The van der Waals surface area contributed by atoms with Gasteiger partial charge in [-0.25, -0.2) is 0 Å². The number of ether oxygens (including phenoxy) is 2. The highest BCUT2D eigenvalue weighted by Crippen LogP contribution is 2.12. The van der Waals surface area contributed by atoms with Gasteiger partial charge in [0, 0.05) is 38.8 Å². The van der Waals surface area contributed by atoms with Gasteiger partial charge < -0.3 is 15.2 Å². The molecule has 0 radical (unpaired) electrons. The molecule has 2 saturated heterocycles. The van der Waals surface area contributed by atoms with Gasteiger partial charge in [-0.3, -0.25) is 9.80 Å². The molecule has 2 unspecified atom stereocenters. The average molecular weight is 287 g/mol. The van der Waals surface area contributed by atoms with Crippen LogP contribution < -0.4 is 5.73 Å². The number of morpholine rings is 2. The molecule has 19 heavy (non-hydrogen) atoms. The second kappa shape index (κ2) is 6.95. The lowest BCUT2D eigenvalue weighted by Crippen LogP contribution is -2.54. The second-order valence-electron chi connectivity index (χ2n) is 5.60. The Kier molecular flexibility index (Phi) is 5.53. The van der Waals surface area contributed by atoms with Gasteiger partial charge in [0.1, 0.15) is 11.1 Å². The molecule has 2 rings (SSSR count). The quantitative estimate of drug-likeness (QED) is 0.739. The average Bonchev–Trinajstić information content (AvgIpc) is 2.39. The highest BCUT2D eigenvalue weighted by atomic mass is 32.1. The Labute approximate surface area is 121 Å². The molecule has 0 amide bonds. The van der Waals surface area contributed by atoms with Crippen molar-refractivity contribution in [2.24, 2.45) is 5.73 Å². The van der Waals surface area contributed by atoms with Crippen LogP contribution in [0.1, 0.15) is 13.8 Å². The van der Waals surface area contributed by atoms with Crippen molar-refractivity contribution in [1.82, 2.24) is 9.80 Å². The molecular weight excluding hydrogens is 262 g/mol. The van der Waals surface area contributed by atoms with Crippen molar-refractivity contribution in [2.75, 3.05) is 45.9 Å². The van der Waals surface area contributed by atoms with Crippen molar-refractivity contribution in [2.45, 2.75) is 32.1 Å². The summed E-state index contributed by atoms with van der Waals surface area (Å²) in [4.78, 5) is 5.28. The molecular formula is C13H25N3O2S. The molecule has 6 heteroatoms. The Hall–Kier alpha value is -0.270. The molecule has 2 aliphatic heterocycles. The van der Waals surface area contributed by atoms with Crippen LogP contribution >= 0.6 is 12.2 Å². The van der Waals surface area contributed by atoms with E-state index in [1.54, 1.807) is 0 Å². The predicted octanol–water partition coefficient (Wildman–Crippen LogP) is 0.0825. The van der Waals surface area contributed by atoms with Crippen LogP contribution in [0.15, 0.2) is 0 Å². The van der Waals surface area contributed by atoms with E-state index in [0.717, 1.165) is 39.3 Å². The van der Waals surface area contributed by atoms with Crippen LogP contribution in [-0.2, 0) is 9.47 Å². The van der Waals surface area contributed by atoms with Gasteiger partial charge in [0.2, 0.25) is 0 Å². The number of thiocarbonyl (C=S) groups is 1. The first-order valence-corrected chi connectivity index (χ1v) is 7.46. The molecule has 2 N–H and O–H groups in total. The highest BCUT2D eigenvalue weighted by Gasteiger charge is 2.28. The summed E-state index contributed by atoms with van der Waals surface area (Å²) in [5.41, 5.74) is 5.66. The van der Waals surface area contributed by atoms with Gasteiger partial charge in [-0.1, -0.05) is 12.2 Å². The SMILES string of the molecule is CC(C)N1CCOC(CN2CCOC(C(N)=S)C2)C1. The minimum atomic E-state index is -0.103. The Morgan fingerprint density at radius 1 is 1.26 bits per heavy atom. The zero-order valence-electron chi connectivity index (χ0n) is 11.9. The first kappa shape index (κ1) is 15.1. The molecule has 0 spiro atoms. The van der Waals surface area contributed by atoms with E-state index in [4.69, 9.17) is 27.4 Å². The Balaban J connectivity index is 1.81. The lowest BCUT2D eigenvalue weighted by Gasteiger charge is -2.39. The molecule has 0 aliphatic carbocycles. The Morgan fingerprint density at radius 2 is 2.00 bits per heavy atom. The van der Waals surface area contributed by atoms with Crippen molar-refractivity contribution in [1.29, 1.82) is 0 Å². The molecule has 0 bridgehead atoms. The van der Waals surface area contributed by atoms with Gasteiger partial charge in [0.25, 0.3) is 0 Å². The number of rotatable bonds is 4. The van der Waals surface area contributed by atoms with Crippen molar-refractivity contribution in [3.63, 3.8) is 0 Å². The van der Waals surface area contributed by atoms with Crippen molar-refractivity contribution >= 4 is 17.2 Å². The van der Waals surface area contributed by atoms with Gasteiger partial charge in [0.15, 0.2) is 0 Å². The van der Waals surface area contributed by atoms with Gasteiger partial charge >= 0.3 is 0 Å². The van der Waals surface area contributed by atoms with E-state index < -0.39 is 0 Å². The number of nitrogens with two attached hydrogens (primary N) is 1. The van der Waals surface area contributed by atoms with Crippen LogP contribution in [0, 0.1) is 0 Å². The molecule has 0 aromatic rings. The number of hydrogen-bond acceptors (Lipinski definition) is 5. The van der Waals surface area contributed by atoms with E-state index >= 15 is 0 Å². The summed E-state index contributed by atoms with van der Waals surface area (Å²) in [7, 11) is 0. The maximum absolute atomic E-state index is 5.87. The van der Waals surface area contributed by atoms with E-state index in [1.807, 2.05) is 0 Å². The molecule has 110 valence electrons. The van der Waals surface area contributed by atoms with E-state index in [-0.39, 0.29) is 12.2 Å². The van der Waals surface area contributed by atoms with Crippen LogP contribution in [0.2, 0.25) is 0 Å². The van der Waals surface area contributed by atoms with Gasteiger partial charge in [-0.05, 0) is 13.8 Å². The first-order valence-electron chi connectivity index (χ1n) is 7.05. The Morgan fingerprint density at radius 3 is 2.68 bits per heavy atom. The zero-order chi connectivity index (χ0) is 13.8. The van der Waals surface area contributed by atoms with Crippen molar-refractivity contribution in [3.8, 4) is 0 Å². The van der Waals surface area contributed by atoms with E-state index in [2.05, 4.69) is 23.6 Å². The predicted molar refractivity (Wildman–Crippen MR) is 79.4 cm³/mol. The van der Waals surface area contributed by atoms with Gasteiger partial charge in [0.05, 0.1) is 19.3 Å². The van der Waals surface area contributed by atoms with Crippen LogP contribution in [0.3, 0.4) is 0 Å². The highest BCUT2D eigenvalue weighted by molar-refractivity contribution is 7.80. The summed E-state index contributed by atoms with van der Waals surface area (Å²) in [6, 6.07) is 0.584. The third kappa shape index (κ3) is 4.36. The van der Waals surface area contributed by atoms with Crippen molar-refractivity contribution < 1.29 is 9.47 Å². The molecule has 2 atom stereocenters. The molecule has 5 nitrogen and oxygen atoms in total. The smallest absolute Gasteiger partial charge is 0.120 e. The fraction of sp³-hybridized carbons (Fsp3) is 0.923. The van der Waals surface area contributed by atoms with Crippen LogP contribution in [0.5, 0.6) is 0 Å². The summed E-state index contributed by atoms with van der Waals surface area (Å²) >= 11 is 5.01. The molecule has 2 fully saturated rings. The molecule has 0 aromatic heterocycles. The third-order valence-electron chi connectivity index (χ3n) is 3.83. The zero-order valence-corrected chi connectivity index (χ0v) is 12.7. The van der Waals surface area contributed by atoms with E-state index in [1.165, 1.54) is 0 Å². The maximum atomic E-state index is 5.87. The largest absolute Gasteiger partial charge is 0.391 e. The van der Waals surface area contributed by atoms with Crippen molar-refractivity contribution in [3.05, 3.63) is 0 Å². The fourth-order valence-corrected chi connectivity index (χ4v) is 2.79. The summed E-state index contributed by atoms with van der Waals surface area (Å²) in [6.45, 7) is 10.7. The number of hydrogen-bond donors (Lipinski definition) is 1. The standard InChI is InChI=1S/C13H25N3O2S/c1-10(2)16-4-6-17-11(8-16)7-15-3-5-18-12(9-15)13(14)19/h10-12H,3-9H2,1-2H3,(H2,14,19). The van der Waals surface area contributed by atoms with Crippen LogP contribution in [0.25, 0.3) is 0 Å². The summed E-state index contributed by atoms with van der Waals surface area (Å²) in [6.07, 6.45) is 0.176. The Bertz CT molecular complexity index is 314. The third-order valence-corrected chi connectivity index (χ3v) is 4.09. The summed E-state index contributed by atoms with van der Waals surface area (Å²) < 4.78 is 11.4. The molecule has 2 heterocycles.